The Morgan fingerprint density at radius 1 is 1.05 bits per heavy atom. The van der Waals surface area contributed by atoms with Gasteiger partial charge in [0.05, 0.1) is 0 Å². The summed E-state index contributed by atoms with van der Waals surface area (Å²) in [4.78, 5) is 17.0. The molecule has 1 heterocycles. The average Bonchev–Trinajstić information content (AvgIpc) is 2.80. The molecule has 3 N–H and O–H groups in total. The van der Waals surface area contributed by atoms with Crippen LogP contribution in [0.4, 0.5) is 0 Å². The van der Waals surface area contributed by atoms with Crippen LogP contribution in [0.1, 0.15) is 5.56 Å². The predicted octanol–water partition coefficient (Wildman–Crippen LogP) is 3.18. The summed E-state index contributed by atoms with van der Waals surface area (Å²) >= 11 is 0. The molecule has 5 nitrogen and oxygen atoms in total. The van der Waals surface area contributed by atoms with Crippen LogP contribution in [0.15, 0.2) is 53.3 Å². The van der Waals surface area contributed by atoms with E-state index in [4.69, 9.17) is 4.74 Å². The van der Waals surface area contributed by atoms with Crippen molar-refractivity contribution in [1.29, 1.82) is 0 Å². The van der Waals surface area contributed by atoms with Crippen LogP contribution in [0.5, 0.6) is 17.4 Å². The fourth-order valence-electron chi connectivity index (χ4n) is 2.17. The molecule has 0 aliphatic heterocycles. The van der Waals surface area contributed by atoms with Gasteiger partial charge < -0.3 is 14.8 Å². The van der Waals surface area contributed by atoms with Crippen molar-refractivity contribution in [3.63, 3.8) is 0 Å². The molecule has 0 fully saturated rings. The molecule has 0 aliphatic carbocycles. The number of hydrogen-bond acceptors (Lipinski definition) is 3. The van der Waals surface area contributed by atoms with Gasteiger partial charge in [-0.3, -0.25) is 4.98 Å². The van der Waals surface area contributed by atoms with Crippen LogP contribution in [-0.4, -0.2) is 15.1 Å². The number of phenols is 1. The van der Waals surface area contributed by atoms with Crippen molar-refractivity contribution in [3.8, 4) is 28.6 Å². The summed E-state index contributed by atoms with van der Waals surface area (Å²) in [5.41, 5.74) is 1.84. The summed E-state index contributed by atoms with van der Waals surface area (Å²) < 4.78 is 5.72. The number of rotatable bonds is 3. The molecule has 0 radical (unpaired) electrons. The Hall–Kier alpha value is -2.95. The Balaban J connectivity index is 2.05. The van der Waals surface area contributed by atoms with Crippen molar-refractivity contribution >= 4 is 0 Å². The first-order chi connectivity index (χ1) is 10.1. The fraction of sp³-hybridized carbons (Fsp3) is 0.0625. The number of benzene rings is 2. The molecule has 0 spiro atoms. The molecule has 0 bridgehead atoms. The van der Waals surface area contributed by atoms with Crippen molar-refractivity contribution in [2.24, 2.45) is 0 Å². The Labute approximate surface area is 120 Å². The quantitative estimate of drug-likeness (QED) is 0.690. The number of ether oxygens (including phenoxy) is 1. The van der Waals surface area contributed by atoms with Crippen molar-refractivity contribution in [2.75, 3.05) is 0 Å². The SMILES string of the molecule is Cc1cc(O)ccc1-c1[nH]c(=O)[nH]c1Oc1ccccc1. The summed E-state index contributed by atoms with van der Waals surface area (Å²) in [6, 6.07) is 14.1. The van der Waals surface area contributed by atoms with Crippen LogP contribution in [0.25, 0.3) is 11.3 Å². The van der Waals surface area contributed by atoms with Crippen LogP contribution in [0, 0.1) is 6.92 Å². The number of nitrogens with one attached hydrogen (secondary N) is 2. The molecule has 21 heavy (non-hydrogen) atoms. The zero-order valence-electron chi connectivity index (χ0n) is 11.4. The Morgan fingerprint density at radius 3 is 2.52 bits per heavy atom. The summed E-state index contributed by atoms with van der Waals surface area (Å²) in [6.45, 7) is 1.85. The molecule has 0 atom stereocenters. The molecule has 3 aromatic rings. The number of para-hydroxylation sites is 1. The number of hydrogen-bond donors (Lipinski definition) is 3. The lowest BCUT2D eigenvalue weighted by Crippen LogP contribution is -2.00. The molecule has 2 aromatic carbocycles. The first-order valence-electron chi connectivity index (χ1n) is 6.48. The second-order valence-corrected chi connectivity index (χ2v) is 4.70. The van der Waals surface area contributed by atoms with Gasteiger partial charge in [-0.1, -0.05) is 18.2 Å². The normalized spacial score (nSPS) is 10.5. The number of phenolic OH excluding ortho intramolecular Hbond substituents is 1. The molecule has 0 saturated heterocycles. The highest BCUT2D eigenvalue weighted by atomic mass is 16.5. The second-order valence-electron chi connectivity index (χ2n) is 4.70. The maximum absolute atomic E-state index is 11.6. The Morgan fingerprint density at radius 2 is 1.81 bits per heavy atom. The summed E-state index contributed by atoms with van der Waals surface area (Å²) in [5, 5.41) is 9.48. The number of aromatic nitrogens is 2. The van der Waals surface area contributed by atoms with Gasteiger partial charge in [-0.2, -0.15) is 0 Å². The van der Waals surface area contributed by atoms with E-state index in [1.165, 1.54) is 0 Å². The van der Waals surface area contributed by atoms with Crippen LogP contribution in [-0.2, 0) is 0 Å². The van der Waals surface area contributed by atoms with Gasteiger partial charge in [0.2, 0.25) is 5.88 Å². The lowest BCUT2D eigenvalue weighted by atomic mass is 10.1. The largest absolute Gasteiger partial charge is 0.508 e. The Bertz CT molecular complexity index is 819. The number of imidazole rings is 1. The lowest BCUT2D eigenvalue weighted by molar-refractivity contribution is 0.466. The van der Waals surface area contributed by atoms with E-state index in [2.05, 4.69) is 9.97 Å². The Kier molecular flexibility index (Phi) is 3.23. The minimum Gasteiger partial charge on any atom is -0.508 e. The van der Waals surface area contributed by atoms with E-state index in [1.807, 2.05) is 25.1 Å². The van der Waals surface area contributed by atoms with E-state index in [-0.39, 0.29) is 11.4 Å². The minimum atomic E-state index is -0.344. The van der Waals surface area contributed by atoms with Gasteiger partial charge in [-0.05, 0) is 42.8 Å². The van der Waals surface area contributed by atoms with Gasteiger partial charge in [0, 0.05) is 5.56 Å². The van der Waals surface area contributed by atoms with Gasteiger partial charge in [0.1, 0.15) is 17.2 Å². The van der Waals surface area contributed by atoms with Crippen LogP contribution in [0.3, 0.4) is 0 Å². The van der Waals surface area contributed by atoms with Gasteiger partial charge in [-0.25, -0.2) is 4.79 Å². The van der Waals surface area contributed by atoms with Crippen molar-refractivity contribution in [2.45, 2.75) is 6.92 Å². The molecule has 0 amide bonds. The van der Waals surface area contributed by atoms with Crippen molar-refractivity contribution < 1.29 is 9.84 Å². The highest BCUT2D eigenvalue weighted by Gasteiger charge is 2.14. The average molecular weight is 282 g/mol. The number of aryl methyl sites for hydroxylation is 1. The lowest BCUT2D eigenvalue weighted by Gasteiger charge is -2.08. The fourth-order valence-corrected chi connectivity index (χ4v) is 2.17. The molecule has 0 aliphatic rings. The third kappa shape index (κ3) is 2.67. The first kappa shape index (κ1) is 13.1. The molecular formula is C16H14N2O3. The van der Waals surface area contributed by atoms with Crippen LogP contribution >= 0.6 is 0 Å². The van der Waals surface area contributed by atoms with E-state index < -0.39 is 0 Å². The summed E-state index contributed by atoms with van der Waals surface area (Å²) in [6.07, 6.45) is 0. The monoisotopic (exact) mass is 282 g/mol. The van der Waals surface area contributed by atoms with Gasteiger partial charge >= 0.3 is 5.69 Å². The van der Waals surface area contributed by atoms with Crippen LogP contribution in [0.2, 0.25) is 0 Å². The topological polar surface area (TPSA) is 78.1 Å². The van der Waals surface area contributed by atoms with Crippen molar-refractivity contribution in [3.05, 3.63) is 64.6 Å². The zero-order valence-corrected chi connectivity index (χ0v) is 11.4. The molecule has 106 valence electrons. The molecule has 5 heteroatoms. The van der Waals surface area contributed by atoms with Crippen molar-refractivity contribution in [1.82, 2.24) is 9.97 Å². The summed E-state index contributed by atoms with van der Waals surface area (Å²) in [5.74, 6) is 1.16. The van der Waals surface area contributed by atoms with E-state index in [9.17, 15) is 9.90 Å². The van der Waals surface area contributed by atoms with Gasteiger partial charge in [-0.15, -0.1) is 0 Å². The molecule has 0 unspecified atom stereocenters. The molecule has 0 saturated carbocycles. The number of aromatic hydroxyl groups is 1. The van der Waals surface area contributed by atoms with E-state index >= 15 is 0 Å². The zero-order chi connectivity index (χ0) is 14.8. The number of H-pyrrole nitrogens is 2. The predicted molar refractivity (Wildman–Crippen MR) is 79.8 cm³/mol. The smallest absolute Gasteiger partial charge is 0.326 e. The minimum absolute atomic E-state index is 0.180. The van der Waals surface area contributed by atoms with Crippen LogP contribution < -0.4 is 10.4 Å². The highest BCUT2D eigenvalue weighted by molar-refractivity contribution is 5.69. The van der Waals surface area contributed by atoms with E-state index in [1.54, 1.807) is 30.3 Å². The molecular weight excluding hydrogens is 268 g/mol. The van der Waals surface area contributed by atoms with Gasteiger partial charge in [0.15, 0.2) is 0 Å². The molecule has 1 aromatic heterocycles. The third-order valence-corrected chi connectivity index (χ3v) is 3.14. The first-order valence-corrected chi connectivity index (χ1v) is 6.48. The number of aromatic amines is 2. The maximum Gasteiger partial charge on any atom is 0.326 e. The van der Waals surface area contributed by atoms with E-state index in [0.29, 0.717) is 17.3 Å². The molecule has 3 rings (SSSR count). The standard InChI is InChI=1S/C16H14N2O3/c1-10-9-11(19)7-8-13(10)14-15(18-16(20)17-14)21-12-5-3-2-4-6-12/h2-9,19H,1H3,(H2,17,18,20). The second kappa shape index (κ2) is 5.20. The van der Waals surface area contributed by atoms with Gasteiger partial charge in [0.25, 0.3) is 0 Å². The third-order valence-electron chi connectivity index (χ3n) is 3.14. The summed E-state index contributed by atoms with van der Waals surface area (Å²) in [7, 11) is 0. The highest BCUT2D eigenvalue weighted by Crippen LogP contribution is 2.32. The van der Waals surface area contributed by atoms with E-state index in [0.717, 1.165) is 11.1 Å². The maximum atomic E-state index is 11.6.